The average molecular weight is 457 g/mol. The molecule has 1 saturated carbocycles. The maximum absolute atomic E-state index is 11.7. The summed E-state index contributed by atoms with van der Waals surface area (Å²) < 4.78 is 16.1. The van der Waals surface area contributed by atoms with E-state index in [9.17, 15) is 14.7 Å². The number of hydrogen-bond acceptors (Lipinski definition) is 6. The number of aryl methyl sites for hydroxylation is 1. The van der Waals surface area contributed by atoms with Crippen LogP contribution in [0.4, 0.5) is 0 Å². The van der Waals surface area contributed by atoms with Crippen LogP contribution < -0.4 is 0 Å². The highest BCUT2D eigenvalue weighted by atomic mass is 16.5. The molecule has 3 rings (SSSR count). The van der Waals surface area contributed by atoms with Gasteiger partial charge in [-0.2, -0.15) is 0 Å². The molecule has 0 aromatic heterocycles. The molecule has 0 spiro atoms. The zero-order valence-corrected chi connectivity index (χ0v) is 20.1. The van der Waals surface area contributed by atoms with Gasteiger partial charge in [-0.3, -0.25) is 4.79 Å². The van der Waals surface area contributed by atoms with Crippen molar-refractivity contribution in [3.8, 4) is 0 Å². The molecule has 0 aliphatic heterocycles. The van der Waals surface area contributed by atoms with Gasteiger partial charge in [0.05, 0.1) is 24.9 Å². The van der Waals surface area contributed by atoms with Gasteiger partial charge in [-0.15, -0.1) is 0 Å². The molecule has 1 fully saturated rings. The van der Waals surface area contributed by atoms with Crippen molar-refractivity contribution in [2.75, 3.05) is 14.2 Å². The molecule has 1 aromatic carbocycles. The fourth-order valence-corrected chi connectivity index (χ4v) is 4.82. The number of methoxy groups -OCH3 is 2. The van der Waals surface area contributed by atoms with Gasteiger partial charge in [0, 0.05) is 26.4 Å². The lowest BCUT2D eigenvalue weighted by Gasteiger charge is -2.42. The van der Waals surface area contributed by atoms with E-state index in [-0.39, 0.29) is 35.5 Å². The highest BCUT2D eigenvalue weighted by Gasteiger charge is 2.38. The summed E-state index contributed by atoms with van der Waals surface area (Å²) in [4.78, 5) is 23.4. The van der Waals surface area contributed by atoms with E-state index in [1.54, 1.807) is 19.2 Å². The van der Waals surface area contributed by atoms with E-state index in [1.165, 1.54) is 20.5 Å². The first-order valence-corrected chi connectivity index (χ1v) is 11.7. The standard InChI is InChI=1S/C27H36O6/c1-18(28)33-24-17-23(31-3)21(7-5-8-25(29)27(2)15-6-16-27)22(24)14-11-19-9-12-20(13-10-19)26(30)32-4/h5,7,9-10,12-13,21,23,25,29H,6,8,11,14-17H2,1-4H3/b7-5+/t21-,23?,25?/m1/s1. The molecule has 0 bridgehead atoms. The third-order valence-corrected chi connectivity index (χ3v) is 7.18. The van der Waals surface area contributed by atoms with Crippen molar-refractivity contribution < 1.29 is 28.9 Å². The maximum Gasteiger partial charge on any atom is 0.337 e. The molecule has 0 radical (unpaired) electrons. The van der Waals surface area contributed by atoms with Gasteiger partial charge in [-0.1, -0.05) is 37.6 Å². The summed E-state index contributed by atoms with van der Waals surface area (Å²) >= 11 is 0. The van der Waals surface area contributed by atoms with Crippen LogP contribution in [0, 0.1) is 11.3 Å². The fraction of sp³-hybridized carbons (Fsp3) is 0.556. The molecule has 3 atom stereocenters. The summed E-state index contributed by atoms with van der Waals surface area (Å²) in [6.45, 7) is 3.56. The smallest absolute Gasteiger partial charge is 0.337 e. The topological polar surface area (TPSA) is 82.1 Å². The van der Waals surface area contributed by atoms with Crippen LogP contribution in [0.5, 0.6) is 0 Å². The summed E-state index contributed by atoms with van der Waals surface area (Å²) in [7, 11) is 3.04. The lowest BCUT2D eigenvalue weighted by Crippen LogP contribution is -2.38. The van der Waals surface area contributed by atoms with E-state index < -0.39 is 0 Å². The van der Waals surface area contributed by atoms with Gasteiger partial charge < -0.3 is 19.3 Å². The highest BCUT2D eigenvalue weighted by molar-refractivity contribution is 5.89. The van der Waals surface area contributed by atoms with E-state index in [0.717, 1.165) is 30.4 Å². The van der Waals surface area contributed by atoms with E-state index in [2.05, 4.69) is 13.0 Å². The lowest BCUT2D eigenvalue weighted by atomic mass is 9.66. The van der Waals surface area contributed by atoms with Crippen molar-refractivity contribution in [2.45, 2.75) is 71.0 Å². The van der Waals surface area contributed by atoms with E-state index in [4.69, 9.17) is 14.2 Å². The molecule has 0 heterocycles. The number of aliphatic hydroxyl groups is 1. The van der Waals surface area contributed by atoms with Crippen LogP contribution in [0.25, 0.3) is 0 Å². The van der Waals surface area contributed by atoms with Crippen molar-refractivity contribution >= 4 is 11.9 Å². The van der Waals surface area contributed by atoms with Crippen LogP contribution in [0.1, 0.15) is 68.3 Å². The van der Waals surface area contributed by atoms with Crippen LogP contribution in [0.3, 0.4) is 0 Å². The number of rotatable bonds is 10. The van der Waals surface area contributed by atoms with Crippen molar-refractivity contribution in [2.24, 2.45) is 11.3 Å². The summed E-state index contributed by atoms with van der Waals surface area (Å²) in [6.07, 6.45) is 9.62. The van der Waals surface area contributed by atoms with Gasteiger partial charge in [0.2, 0.25) is 0 Å². The average Bonchev–Trinajstić information content (AvgIpc) is 3.11. The predicted octanol–water partition coefficient (Wildman–Crippen LogP) is 4.76. The monoisotopic (exact) mass is 456 g/mol. The third kappa shape index (κ3) is 6.12. The molecule has 0 amide bonds. The van der Waals surface area contributed by atoms with Crippen molar-refractivity contribution in [1.82, 2.24) is 0 Å². The minimum atomic E-state index is -0.358. The molecule has 1 aromatic rings. The Morgan fingerprint density at radius 2 is 1.88 bits per heavy atom. The minimum Gasteiger partial charge on any atom is -0.465 e. The molecule has 1 N–H and O–H groups in total. The van der Waals surface area contributed by atoms with Crippen LogP contribution in [0.15, 0.2) is 47.7 Å². The van der Waals surface area contributed by atoms with Gasteiger partial charge in [0.25, 0.3) is 0 Å². The minimum absolute atomic E-state index is 0.0138. The molecule has 33 heavy (non-hydrogen) atoms. The van der Waals surface area contributed by atoms with Crippen molar-refractivity contribution in [1.29, 1.82) is 0 Å². The Morgan fingerprint density at radius 1 is 1.18 bits per heavy atom. The van der Waals surface area contributed by atoms with Gasteiger partial charge in [0.15, 0.2) is 0 Å². The molecule has 0 saturated heterocycles. The Bertz CT molecular complexity index is 894. The Balaban J connectivity index is 1.73. The van der Waals surface area contributed by atoms with Crippen LogP contribution in [-0.4, -0.2) is 43.5 Å². The first-order chi connectivity index (χ1) is 15.8. The molecule has 2 aliphatic rings. The van der Waals surface area contributed by atoms with E-state index in [1.807, 2.05) is 18.2 Å². The SMILES string of the molecule is COC(=O)c1ccc(CCC2=C(OC(C)=O)CC(OC)[C@@H]2/C=C/CC(O)C2(C)CCC2)cc1. The largest absolute Gasteiger partial charge is 0.465 e. The Morgan fingerprint density at radius 3 is 2.42 bits per heavy atom. The lowest BCUT2D eigenvalue weighted by molar-refractivity contribution is -0.137. The number of hydrogen-bond donors (Lipinski definition) is 1. The summed E-state index contributed by atoms with van der Waals surface area (Å²) in [5, 5.41) is 10.6. The summed E-state index contributed by atoms with van der Waals surface area (Å²) in [5.74, 6) is -0.0252. The molecular formula is C27H36O6. The highest BCUT2D eigenvalue weighted by Crippen LogP contribution is 2.44. The first kappa shape index (κ1) is 25.2. The number of aliphatic hydroxyl groups excluding tert-OH is 1. The zero-order chi connectivity index (χ0) is 24.0. The van der Waals surface area contributed by atoms with Gasteiger partial charge in [-0.25, -0.2) is 4.79 Å². The van der Waals surface area contributed by atoms with Crippen molar-refractivity contribution in [3.63, 3.8) is 0 Å². The van der Waals surface area contributed by atoms with Crippen LogP contribution >= 0.6 is 0 Å². The Labute approximate surface area is 196 Å². The second kappa shape index (κ2) is 11.1. The van der Waals surface area contributed by atoms with Crippen molar-refractivity contribution in [3.05, 3.63) is 58.9 Å². The molecule has 6 heteroatoms. The zero-order valence-electron chi connectivity index (χ0n) is 20.1. The first-order valence-electron chi connectivity index (χ1n) is 11.7. The van der Waals surface area contributed by atoms with Gasteiger partial charge in [0.1, 0.15) is 5.76 Å². The van der Waals surface area contributed by atoms with Gasteiger partial charge >= 0.3 is 11.9 Å². The fourth-order valence-electron chi connectivity index (χ4n) is 4.82. The number of ether oxygens (including phenoxy) is 3. The molecule has 2 unspecified atom stereocenters. The normalized spacial score (nSPS) is 22.8. The van der Waals surface area contributed by atoms with E-state index in [0.29, 0.717) is 30.6 Å². The second-order valence-corrected chi connectivity index (χ2v) is 9.42. The Hall–Kier alpha value is -2.44. The van der Waals surface area contributed by atoms with Crippen LogP contribution in [0.2, 0.25) is 0 Å². The van der Waals surface area contributed by atoms with E-state index >= 15 is 0 Å². The number of benzene rings is 1. The summed E-state index contributed by atoms with van der Waals surface area (Å²) in [6, 6.07) is 7.35. The number of carbonyl (C=O) groups is 2. The van der Waals surface area contributed by atoms with Gasteiger partial charge in [-0.05, 0) is 60.8 Å². The number of carbonyl (C=O) groups excluding carboxylic acids is 2. The quantitative estimate of drug-likeness (QED) is 0.404. The Kier molecular flexibility index (Phi) is 8.49. The molecule has 2 aliphatic carbocycles. The number of esters is 2. The summed E-state index contributed by atoms with van der Waals surface area (Å²) in [5.41, 5.74) is 2.67. The maximum atomic E-state index is 11.7. The molecular weight excluding hydrogens is 420 g/mol. The predicted molar refractivity (Wildman–Crippen MR) is 126 cm³/mol. The molecule has 180 valence electrons. The molecule has 6 nitrogen and oxygen atoms in total. The second-order valence-electron chi connectivity index (χ2n) is 9.42. The third-order valence-electron chi connectivity index (χ3n) is 7.18. The van der Waals surface area contributed by atoms with Crippen LogP contribution in [-0.2, 0) is 25.4 Å².